The largest absolute Gasteiger partial charge is 0.497 e. The Labute approximate surface area is 194 Å². The predicted octanol–water partition coefficient (Wildman–Crippen LogP) is 2.44. The number of hydrogen-bond donors (Lipinski definition) is 0. The lowest BCUT2D eigenvalue weighted by Crippen LogP contribution is -2.51. The molecule has 0 aliphatic carbocycles. The van der Waals surface area contributed by atoms with Crippen LogP contribution in [0.1, 0.15) is 36.1 Å². The molecule has 2 aromatic carbocycles. The molecule has 2 aliphatic rings. The number of fused-ring (bicyclic) bond motifs is 1. The molecule has 4 rings (SSSR count). The molecule has 2 aromatic rings. The summed E-state index contributed by atoms with van der Waals surface area (Å²) in [4.78, 5) is 43.6. The van der Waals surface area contributed by atoms with Crippen LogP contribution >= 0.6 is 0 Å². The zero-order chi connectivity index (χ0) is 23.4. The number of nitrogens with zero attached hydrogens (tertiary/aromatic N) is 3. The van der Waals surface area contributed by atoms with Crippen molar-refractivity contribution in [1.82, 2.24) is 14.7 Å². The van der Waals surface area contributed by atoms with E-state index in [0.29, 0.717) is 39.1 Å². The first-order valence-corrected chi connectivity index (χ1v) is 11.5. The molecule has 174 valence electrons. The quantitative estimate of drug-likeness (QED) is 0.703. The Kier molecular flexibility index (Phi) is 6.96. The van der Waals surface area contributed by atoms with Gasteiger partial charge >= 0.3 is 0 Å². The molecular weight excluding hydrogens is 418 g/mol. The van der Waals surface area contributed by atoms with Gasteiger partial charge in [0.05, 0.1) is 26.0 Å². The predicted molar refractivity (Wildman–Crippen MR) is 125 cm³/mol. The molecule has 0 saturated carbocycles. The smallest absolute Gasteiger partial charge is 0.227 e. The molecule has 1 unspecified atom stereocenters. The highest BCUT2D eigenvalue weighted by Gasteiger charge is 2.33. The van der Waals surface area contributed by atoms with Crippen LogP contribution in [0.15, 0.2) is 48.5 Å². The summed E-state index contributed by atoms with van der Waals surface area (Å²) in [6.07, 6.45) is 1.40. The van der Waals surface area contributed by atoms with Crippen LogP contribution in [0.5, 0.6) is 5.75 Å². The molecule has 0 radical (unpaired) electrons. The minimum absolute atomic E-state index is 0.00439. The van der Waals surface area contributed by atoms with Crippen molar-refractivity contribution in [3.05, 3.63) is 65.2 Å². The maximum atomic E-state index is 13.2. The average molecular weight is 450 g/mol. The van der Waals surface area contributed by atoms with Gasteiger partial charge in [-0.15, -0.1) is 0 Å². The third-order valence-electron chi connectivity index (χ3n) is 6.66. The fraction of sp³-hybridized carbons (Fsp3) is 0.423. The van der Waals surface area contributed by atoms with Gasteiger partial charge in [0.25, 0.3) is 0 Å². The number of hydrogen-bond acceptors (Lipinski definition) is 4. The molecule has 7 heteroatoms. The molecule has 33 heavy (non-hydrogen) atoms. The van der Waals surface area contributed by atoms with Crippen molar-refractivity contribution < 1.29 is 19.1 Å². The summed E-state index contributed by atoms with van der Waals surface area (Å²) in [6.45, 7) is 4.27. The van der Waals surface area contributed by atoms with Gasteiger partial charge in [-0.1, -0.05) is 36.4 Å². The van der Waals surface area contributed by atoms with Crippen molar-refractivity contribution >= 4 is 17.7 Å². The molecular formula is C26H31N3O4. The van der Waals surface area contributed by atoms with E-state index in [9.17, 15) is 14.4 Å². The monoisotopic (exact) mass is 449 g/mol. The SMILES string of the molecule is COc1cccc(CC(=O)N2CCN(C(=O)CC3c4ccccc4CCN3C(C)=O)CC2)c1. The van der Waals surface area contributed by atoms with Crippen LogP contribution < -0.4 is 4.74 Å². The van der Waals surface area contributed by atoms with Crippen molar-refractivity contribution in [2.45, 2.75) is 32.2 Å². The molecule has 7 nitrogen and oxygen atoms in total. The number of ether oxygens (including phenoxy) is 1. The first-order chi connectivity index (χ1) is 16.0. The lowest BCUT2D eigenvalue weighted by molar-refractivity contribution is -0.141. The minimum Gasteiger partial charge on any atom is -0.497 e. The van der Waals surface area contributed by atoms with Crippen LogP contribution in [-0.4, -0.2) is 72.3 Å². The first kappa shape index (κ1) is 22.8. The molecule has 0 aromatic heterocycles. The highest BCUT2D eigenvalue weighted by Crippen LogP contribution is 2.33. The van der Waals surface area contributed by atoms with Crippen molar-refractivity contribution in [3.63, 3.8) is 0 Å². The fourth-order valence-electron chi connectivity index (χ4n) is 4.82. The maximum Gasteiger partial charge on any atom is 0.227 e. The summed E-state index contributed by atoms with van der Waals surface area (Å²) in [5.41, 5.74) is 3.19. The van der Waals surface area contributed by atoms with Gasteiger partial charge in [-0.05, 0) is 35.2 Å². The topological polar surface area (TPSA) is 70.2 Å². The van der Waals surface area contributed by atoms with Crippen LogP contribution in [0.25, 0.3) is 0 Å². The summed E-state index contributed by atoms with van der Waals surface area (Å²) >= 11 is 0. The van der Waals surface area contributed by atoms with Crippen molar-refractivity contribution in [1.29, 1.82) is 0 Å². The summed E-state index contributed by atoms with van der Waals surface area (Å²) in [5, 5.41) is 0. The number of rotatable bonds is 5. The van der Waals surface area contributed by atoms with E-state index in [1.807, 2.05) is 57.2 Å². The Bertz CT molecular complexity index is 1030. The third-order valence-corrected chi connectivity index (χ3v) is 6.66. The van der Waals surface area contributed by atoms with Crippen LogP contribution in [0.2, 0.25) is 0 Å². The van der Waals surface area contributed by atoms with E-state index < -0.39 is 0 Å². The van der Waals surface area contributed by atoms with Gasteiger partial charge in [-0.3, -0.25) is 14.4 Å². The van der Waals surface area contributed by atoms with E-state index in [1.165, 1.54) is 5.56 Å². The molecule has 0 spiro atoms. The van der Waals surface area contributed by atoms with E-state index in [1.54, 1.807) is 14.0 Å². The van der Waals surface area contributed by atoms with Gasteiger partial charge in [0, 0.05) is 39.6 Å². The van der Waals surface area contributed by atoms with Crippen molar-refractivity contribution in [2.24, 2.45) is 0 Å². The average Bonchev–Trinajstić information content (AvgIpc) is 2.84. The van der Waals surface area contributed by atoms with Gasteiger partial charge in [0.2, 0.25) is 17.7 Å². The summed E-state index contributed by atoms with van der Waals surface area (Å²) in [6, 6.07) is 15.4. The second kappa shape index (κ2) is 10.1. The van der Waals surface area contributed by atoms with Crippen LogP contribution in [0.4, 0.5) is 0 Å². The van der Waals surface area contributed by atoms with E-state index in [4.69, 9.17) is 4.74 Å². The lowest BCUT2D eigenvalue weighted by atomic mass is 9.90. The zero-order valence-corrected chi connectivity index (χ0v) is 19.3. The molecule has 0 N–H and O–H groups in total. The Morgan fingerprint density at radius 2 is 1.61 bits per heavy atom. The molecule has 0 bridgehead atoms. The second-order valence-corrected chi connectivity index (χ2v) is 8.67. The normalized spacial score (nSPS) is 18.0. The Morgan fingerprint density at radius 3 is 2.30 bits per heavy atom. The highest BCUT2D eigenvalue weighted by molar-refractivity contribution is 5.81. The molecule has 2 heterocycles. The number of carbonyl (C=O) groups is 3. The summed E-state index contributed by atoms with van der Waals surface area (Å²) < 4.78 is 5.24. The molecule has 1 atom stereocenters. The molecule has 2 aliphatic heterocycles. The highest BCUT2D eigenvalue weighted by atomic mass is 16.5. The lowest BCUT2D eigenvalue weighted by Gasteiger charge is -2.39. The Morgan fingerprint density at radius 1 is 0.909 bits per heavy atom. The number of methoxy groups -OCH3 is 1. The number of benzene rings is 2. The van der Waals surface area contributed by atoms with Crippen molar-refractivity contribution in [3.8, 4) is 5.75 Å². The molecule has 3 amide bonds. The third kappa shape index (κ3) is 5.18. The fourth-order valence-corrected chi connectivity index (χ4v) is 4.82. The zero-order valence-electron chi connectivity index (χ0n) is 19.3. The van der Waals surface area contributed by atoms with Gasteiger partial charge in [-0.25, -0.2) is 0 Å². The van der Waals surface area contributed by atoms with Crippen LogP contribution in [0, 0.1) is 0 Å². The molecule has 1 fully saturated rings. The number of amides is 3. The summed E-state index contributed by atoms with van der Waals surface area (Å²) in [5.74, 6) is 0.817. The maximum absolute atomic E-state index is 13.2. The Balaban J connectivity index is 1.35. The van der Waals surface area contributed by atoms with Gasteiger partial charge in [-0.2, -0.15) is 0 Å². The van der Waals surface area contributed by atoms with Gasteiger partial charge < -0.3 is 19.4 Å². The van der Waals surface area contributed by atoms with Gasteiger partial charge in [0.1, 0.15) is 5.75 Å². The standard InChI is InChI=1S/C26H31N3O4/c1-19(30)29-11-10-21-7-3-4-9-23(21)24(29)18-26(32)28-14-12-27(13-15-28)25(31)17-20-6-5-8-22(16-20)33-2/h3-9,16,24H,10-15,17-18H2,1-2H3. The number of carbonyl (C=O) groups excluding carboxylic acids is 3. The van der Waals surface area contributed by atoms with E-state index >= 15 is 0 Å². The van der Waals surface area contributed by atoms with Crippen LogP contribution in [-0.2, 0) is 27.2 Å². The van der Waals surface area contributed by atoms with E-state index in [-0.39, 0.29) is 30.2 Å². The van der Waals surface area contributed by atoms with Gasteiger partial charge in [0.15, 0.2) is 0 Å². The first-order valence-electron chi connectivity index (χ1n) is 11.5. The second-order valence-electron chi connectivity index (χ2n) is 8.67. The molecule has 1 saturated heterocycles. The summed E-state index contributed by atoms with van der Waals surface area (Å²) in [7, 11) is 1.61. The van der Waals surface area contributed by atoms with Crippen molar-refractivity contribution in [2.75, 3.05) is 39.8 Å². The Hall–Kier alpha value is -3.35. The minimum atomic E-state index is -0.229. The van der Waals surface area contributed by atoms with E-state index in [2.05, 4.69) is 6.07 Å². The van der Waals surface area contributed by atoms with Crippen LogP contribution in [0.3, 0.4) is 0 Å². The number of piperazine rings is 1. The van der Waals surface area contributed by atoms with E-state index in [0.717, 1.165) is 23.3 Å².